The fraction of sp³-hybridized carbons (Fsp3) is 0.320. The van der Waals surface area contributed by atoms with Crippen LogP contribution in [0.2, 0.25) is 0 Å². The van der Waals surface area contributed by atoms with E-state index < -0.39 is 0 Å². The summed E-state index contributed by atoms with van der Waals surface area (Å²) >= 11 is 0. The highest BCUT2D eigenvalue weighted by Gasteiger charge is 2.27. The highest BCUT2D eigenvalue weighted by Crippen LogP contribution is 2.38. The zero-order valence-corrected chi connectivity index (χ0v) is 17.9. The molecule has 0 saturated carbocycles. The second-order valence-corrected chi connectivity index (χ2v) is 8.51. The first-order valence-electron chi connectivity index (χ1n) is 11.0. The lowest BCUT2D eigenvalue weighted by Gasteiger charge is -2.38. The van der Waals surface area contributed by atoms with Gasteiger partial charge in [0.25, 0.3) is 0 Å². The second kappa shape index (κ2) is 7.67. The van der Waals surface area contributed by atoms with Gasteiger partial charge >= 0.3 is 0 Å². The lowest BCUT2D eigenvalue weighted by Crippen LogP contribution is -2.50. The Morgan fingerprint density at radius 1 is 1.03 bits per heavy atom. The third kappa shape index (κ3) is 3.42. The maximum absolute atomic E-state index is 13.7. The summed E-state index contributed by atoms with van der Waals surface area (Å²) in [5, 5.41) is 1.82. The number of pyridine rings is 1. The number of halogens is 1. The number of benzene rings is 2. The average Bonchev–Trinajstić information content (AvgIpc) is 3.22. The Bertz CT molecular complexity index is 1300. The van der Waals surface area contributed by atoms with Crippen molar-refractivity contribution in [3.8, 4) is 11.5 Å². The Balaban J connectivity index is 1.13. The van der Waals surface area contributed by atoms with Gasteiger partial charge in [-0.2, -0.15) is 0 Å². The molecule has 0 aliphatic carbocycles. The molecule has 0 spiro atoms. The van der Waals surface area contributed by atoms with Gasteiger partial charge in [0.1, 0.15) is 30.4 Å². The van der Waals surface area contributed by atoms with Gasteiger partial charge in [-0.25, -0.2) is 4.39 Å². The van der Waals surface area contributed by atoms with E-state index in [0.29, 0.717) is 12.2 Å². The van der Waals surface area contributed by atoms with Crippen LogP contribution in [0.3, 0.4) is 0 Å². The maximum atomic E-state index is 13.7. The molecule has 0 bridgehead atoms. The second-order valence-electron chi connectivity index (χ2n) is 8.51. The molecular weight excluding hydrogens is 409 g/mol. The number of piperazine rings is 1. The van der Waals surface area contributed by atoms with Crippen molar-refractivity contribution in [1.29, 1.82) is 0 Å². The minimum Gasteiger partial charge on any atom is -0.486 e. The third-order valence-corrected chi connectivity index (χ3v) is 6.32. The number of nitrogens with zero attached hydrogens (tertiary/aromatic N) is 3. The lowest BCUT2D eigenvalue weighted by molar-refractivity contribution is 0.0587. The Hall–Kier alpha value is -3.32. The van der Waals surface area contributed by atoms with Gasteiger partial charge in [-0.15, -0.1) is 0 Å². The summed E-state index contributed by atoms with van der Waals surface area (Å²) in [5.41, 5.74) is 3.58. The van der Waals surface area contributed by atoms with Crippen molar-refractivity contribution in [3.63, 3.8) is 0 Å². The Labute approximate surface area is 185 Å². The molecule has 4 aromatic rings. The lowest BCUT2D eigenvalue weighted by atomic mass is 10.1. The van der Waals surface area contributed by atoms with Crippen LogP contribution in [0.15, 0.2) is 53.1 Å². The number of fused-ring (bicyclic) bond motifs is 4. The third-order valence-electron chi connectivity index (χ3n) is 6.32. The summed E-state index contributed by atoms with van der Waals surface area (Å²) in [6.45, 7) is 6.80. The molecule has 7 heteroatoms. The van der Waals surface area contributed by atoms with Gasteiger partial charge in [0, 0.05) is 49.2 Å². The minimum absolute atomic E-state index is 0.0372. The summed E-state index contributed by atoms with van der Waals surface area (Å²) in [5.74, 6) is 1.33. The molecule has 2 aliphatic rings. The summed E-state index contributed by atoms with van der Waals surface area (Å²) in [7, 11) is 0. The van der Waals surface area contributed by atoms with Gasteiger partial charge in [0.2, 0.25) is 0 Å². The smallest absolute Gasteiger partial charge is 0.171 e. The van der Waals surface area contributed by atoms with Crippen molar-refractivity contribution in [2.24, 2.45) is 0 Å². The summed E-state index contributed by atoms with van der Waals surface area (Å²) in [4.78, 5) is 9.26. The van der Waals surface area contributed by atoms with Crippen molar-refractivity contribution in [2.75, 3.05) is 44.2 Å². The van der Waals surface area contributed by atoms with Crippen LogP contribution >= 0.6 is 0 Å². The zero-order chi connectivity index (χ0) is 21.7. The van der Waals surface area contributed by atoms with Crippen LogP contribution in [-0.4, -0.2) is 55.3 Å². The van der Waals surface area contributed by atoms with E-state index in [0.717, 1.165) is 71.9 Å². The van der Waals surface area contributed by atoms with Crippen LogP contribution in [0.1, 0.15) is 5.69 Å². The predicted octanol–water partition coefficient (Wildman–Crippen LogP) is 4.39. The fourth-order valence-corrected chi connectivity index (χ4v) is 4.66. The van der Waals surface area contributed by atoms with Crippen molar-refractivity contribution in [1.82, 2.24) is 9.88 Å². The summed E-state index contributed by atoms with van der Waals surface area (Å²) < 4.78 is 31.7. The van der Waals surface area contributed by atoms with E-state index >= 15 is 0 Å². The standard InChI is InChI=1S/C25H24FN3O3/c1-16-2-4-19-21(27-16)5-7-24-25(19)32-18(14-30-24)13-28-8-10-29(11-9-28)22-15-31-23-6-3-17(26)12-20(22)23/h2-7,12,15,18H,8-11,13-14H2,1H3/t18-/m0/s1. The van der Waals surface area contributed by atoms with Crippen LogP contribution in [0.25, 0.3) is 21.9 Å². The van der Waals surface area contributed by atoms with Crippen molar-refractivity contribution in [2.45, 2.75) is 13.0 Å². The maximum Gasteiger partial charge on any atom is 0.171 e. The number of hydrogen-bond acceptors (Lipinski definition) is 6. The molecule has 0 unspecified atom stereocenters. The zero-order valence-electron chi connectivity index (χ0n) is 17.9. The van der Waals surface area contributed by atoms with Gasteiger partial charge in [-0.05, 0) is 49.4 Å². The highest BCUT2D eigenvalue weighted by atomic mass is 19.1. The van der Waals surface area contributed by atoms with E-state index in [9.17, 15) is 4.39 Å². The van der Waals surface area contributed by atoms with Crippen LogP contribution < -0.4 is 14.4 Å². The molecule has 2 aromatic carbocycles. The molecule has 4 heterocycles. The van der Waals surface area contributed by atoms with Crippen LogP contribution in [0.5, 0.6) is 11.5 Å². The van der Waals surface area contributed by atoms with Crippen LogP contribution in [0, 0.1) is 12.7 Å². The van der Waals surface area contributed by atoms with Gasteiger partial charge in [0.15, 0.2) is 11.5 Å². The van der Waals surface area contributed by atoms with Gasteiger partial charge in [0.05, 0.1) is 11.2 Å². The fourth-order valence-electron chi connectivity index (χ4n) is 4.66. The van der Waals surface area contributed by atoms with Gasteiger partial charge < -0.3 is 18.8 Å². The quantitative estimate of drug-likeness (QED) is 0.478. The molecule has 1 saturated heterocycles. The molecule has 0 radical (unpaired) electrons. The molecule has 6 rings (SSSR count). The van der Waals surface area contributed by atoms with Crippen molar-refractivity contribution in [3.05, 3.63) is 60.2 Å². The molecule has 0 amide bonds. The molecular formula is C25H24FN3O3. The SMILES string of the molecule is Cc1ccc2c3c(ccc2n1)OC[C@H](CN1CCN(c2coc4ccc(F)cc24)CC1)O3. The number of hydrogen-bond donors (Lipinski definition) is 0. The number of anilines is 1. The Kier molecular flexibility index (Phi) is 4.64. The number of ether oxygens (including phenoxy) is 2. The van der Waals surface area contributed by atoms with Gasteiger partial charge in [-0.3, -0.25) is 9.88 Å². The summed E-state index contributed by atoms with van der Waals surface area (Å²) in [6.07, 6.45) is 1.69. The van der Waals surface area contributed by atoms with Gasteiger partial charge in [-0.1, -0.05) is 0 Å². The molecule has 2 aliphatic heterocycles. The Morgan fingerprint density at radius 3 is 2.78 bits per heavy atom. The molecule has 1 atom stereocenters. The normalized spacial score (nSPS) is 19.1. The first-order valence-corrected chi connectivity index (χ1v) is 11.0. The first kappa shape index (κ1) is 19.4. The molecule has 2 aromatic heterocycles. The Morgan fingerprint density at radius 2 is 1.91 bits per heavy atom. The number of aromatic nitrogens is 1. The van der Waals surface area contributed by atoms with Crippen LogP contribution in [-0.2, 0) is 0 Å². The molecule has 1 fully saturated rings. The van der Waals surface area contributed by atoms with Crippen molar-refractivity contribution >= 4 is 27.6 Å². The summed E-state index contributed by atoms with van der Waals surface area (Å²) in [6, 6.07) is 12.6. The van der Waals surface area contributed by atoms with E-state index in [1.165, 1.54) is 6.07 Å². The average molecular weight is 433 g/mol. The van der Waals surface area contributed by atoms with E-state index in [4.69, 9.17) is 13.9 Å². The largest absolute Gasteiger partial charge is 0.486 e. The molecule has 0 N–H and O–H groups in total. The highest BCUT2D eigenvalue weighted by molar-refractivity contribution is 5.91. The monoisotopic (exact) mass is 433 g/mol. The number of aryl methyl sites for hydroxylation is 1. The van der Waals surface area contributed by atoms with Crippen LogP contribution in [0.4, 0.5) is 10.1 Å². The van der Waals surface area contributed by atoms with E-state index in [-0.39, 0.29) is 11.9 Å². The van der Waals surface area contributed by atoms with E-state index in [2.05, 4.69) is 20.9 Å². The molecule has 6 nitrogen and oxygen atoms in total. The minimum atomic E-state index is -0.244. The number of furan rings is 1. The van der Waals surface area contributed by atoms with E-state index in [1.54, 1.807) is 18.4 Å². The number of rotatable bonds is 3. The van der Waals surface area contributed by atoms with Crippen molar-refractivity contribution < 1.29 is 18.3 Å². The molecule has 32 heavy (non-hydrogen) atoms. The molecule has 164 valence electrons. The first-order chi connectivity index (χ1) is 15.6. The topological polar surface area (TPSA) is 51.0 Å². The predicted molar refractivity (Wildman–Crippen MR) is 121 cm³/mol. The van der Waals surface area contributed by atoms with E-state index in [1.807, 2.05) is 25.1 Å².